The number of aliphatic imine (C=N–C) groups is 1. The lowest BCUT2D eigenvalue weighted by atomic mass is 10.2. The van der Waals surface area contributed by atoms with E-state index in [1.807, 2.05) is 6.07 Å². The number of nitrogens with one attached hydrogen (secondary N) is 3. The lowest BCUT2D eigenvalue weighted by molar-refractivity contribution is 0.100. The van der Waals surface area contributed by atoms with E-state index in [1.165, 1.54) is 0 Å². The van der Waals surface area contributed by atoms with E-state index in [0.29, 0.717) is 16.5 Å². The van der Waals surface area contributed by atoms with E-state index in [9.17, 15) is 4.79 Å². The van der Waals surface area contributed by atoms with Crippen LogP contribution in [0.2, 0.25) is 5.02 Å². The minimum atomic E-state index is -0.635. The highest BCUT2D eigenvalue weighted by molar-refractivity contribution is 6.30. The van der Waals surface area contributed by atoms with Crippen LogP contribution in [0.4, 0.5) is 17.3 Å². The zero-order chi connectivity index (χ0) is 16.2. The fourth-order valence-electron chi connectivity index (χ4n) is 2.01. The van der Waals surface area contributed by atoms with Crippen molar-refractivity contribution in [3.8, 4) is 0 Å². The van der Waals surface area contributed by atoms with Crippen molar-refractivity contribution in [2.45, 2.75) is 0 Å². The number of hydrogen-bond donors (Lipinski definition) is 4. The maximum absolute atomic E-state index is 11.7. The molecule has 0 fully saturated rings. The first-order chi connectivity index (χ1) is 11.1. The molecule has 2 heterocycles. The van der Waals surface area contributed by atoms with Crippen LogP contribution in [0, 0.1) is 0 Å². The zero-order valence-electron chi connectivity index (χ0n) is 11.9. The van der Waals surface area contributed by atoms with Crippen LogP contribution >= 0.6 is 11.6 Å². The molecule has 3 rings (SSSR count). The summed E-state index contributed by atoms with van der Waals surface area (Å²) in [4.78, 5) is 18.9. The molecule has 23 heavy (non-hydrogen) atoms. The number of amides is 1. The molecule has 0 radical (unpaired) electrons. The first-order valence-corrected chi connectivity index (χ1v) is 7.09. The Balaban J connectivity index is 1.91. The van der Waals surface area contributed by atoms with Crippen LogP contribution in [0.25, 0.3) is 0 Å². The van der Waals surface area contributed by atoms with Gasteiger partial charge in [-0.3, -0.25) is 9.89 Å². The topological polar surface area (TPSA) is 112 Å². The van der Waals surface area contributed by atoms with Crippen molar-refractivity contribution in [1.29, 1.82) is 0 Å². The Morgan fingerprint density at radius 3 is 2.96 bits per heavy atom. The van der Waals surface area contributed by atoms with Crippen molar-refractivity contribution in [1.82, 2.24) is 15.2 Å². The third-order valence-corrected chi connectivity index (χ3v) is 3.28. The number of H-pyrrole nitrogens is 2. The normalized spacial score (nSPS) is 11.0. The summed E-state index contributed by atoms with van der Waals surface area (Å²) in [5.41, 5.74) is 7.17. The highest BCUT2D eigenvalue weighted by atomic mass is 35.5. The lowest BCUT2D eigenvalue weighted by Gasteiger charge is -2.04. The van der Waals surface area contributed by atoms with Gasteiger partial charge in [-0.15, -0.1) is 0 Å². The van der Waals surface area contributed by atoms with Gasteiger partial charge >= 0.3 is 0 Å². The summed E-state index contributed by atoms with van der Waals surface area (Å²) < 4.78 is 0. The van der Waals surface area contributed by atoms with Gasteiger partial charge in [0.2, 0.25) is 0 Å². The summed E-state index contributed by atoms with van der Waals surface area (Å²) in [7, 11) is 0. The summed E-state index contributed by atoms with van der Waals surface area (Å²) >= 11 is 5.94. The first kappa shape index (κ1) is 14.9. The van der Waals surface area contributed by atoms with E-state index < -0.39 is 5.91 Å². The van der Waals surface area contributed by atoms with Crippen LogP contribution in [0.3, 0.4) is 0 Å². The van der Waals surface area contributed by atoms with E-state index in [0.717, 1.165) is 5.56 Å². The average molecular weight is 329 g/mol. The third-order valence-electron chi connectivity index (χ3n) is 3.05. The molecule has 1 aromatic carbocycles. The number of carbonyl (C=O) groups excluding carboxylic acids is 1. The minimum absolute atomic E-state index is 0.178. The smallest absolute Gasteiger partial charge is 0.256 e. The summed E-state index contributed by atoms with van der Waals surface area (Å²) in [5, 5.41) is 10.3. The molecular weight excluding hydrogens is 316 g/mol. The molecule has 1 amide bonds. The van der Waals surface area contributed by atoms with Crippen molar-refractivity contribution in [2.24, 2.45) is 10.7 Å². The van der Waals surface area contributed by atoms with Crippen LogP contribution in [0.1, 0.15) is 15.9 Å². The molecule has 0 saturated carbocycles. The average Bonchev–Trinajstić information content (AvgIpc) is 3.14. The van der Waals surface area contributed by atoms with Gasteiger partial charge in [-0.05, 0) is 24.3 Å². The number of halogens is 1. The van der Waals surface area contributed by atoms with Gasteiger partial charge in [-0.25, -0.2) is 4.99 Å². The molecule has 0 aliphatic rings. The fourth-order valence-corrected chi connectivity index (χ4v) is 2.20. The number of carbonyl (C=O) groups is 1. The monoisotopic (exact) mass is 328 g/mol. The Morgan fingerprint density at radius 1 is 1.39 bits per heavy atom. The summed E-state index contributed by atoms with van der Waals surface area (Å²) in [6.07, 6.45) is 5.14. The van der Waals surface area contributed by atoms with Crippen molar-refractivity contribution >= 4 is 41.0 Å². The molecule has 5 N–H and O–H groups in total. The fraction of sp³-hybridized carbons (Fsp3) is 0. The van der Waals surface area contributed by atoms with Crippen molar-refractivity contribution in [2.75, 3.05) is 5.32 Å². The van der Waals surface area contributed by atoms with Gasteiger partial charge in [0.15, 0.2) is 11.6 Å². The molecule has 0 aliphatic heterocycles. The van der Waals surface area contributed by atoms with Crippen molar-refractivity contribution in [3.63, 3.8) is 0 Å². The SMILES string of the molecule is NC(=O)c1c(Nc2cccc(Cl)c2)n[nH]c1/N=C/c1cc[nH]c1. The summed E-state index contributed by atoms with van der Waals surface area (Å²) in [5.74, 6) is -0.0614. The van der Waals surface area contributed by atoms with Crippen LogP contribution in [-0.4, -0.2) is 27.3 Å². The second kappa shape index (κ2) is 6.37. The van der Waals surface area contributed by atoms with Gasteiger partial charge in [-0.2, -0.15) is 5.10 Å². The van der Waals surface area contributed by atoms with Crippen LogP contribution in [0.5, 0.6) is 0 Å². The van der Waals surface area contributed by atoms with Crippen LogP contribution < -0.4 is 11.1 Å². The number of nitrogens with two attached hydrogens (primary N) is 1. The maximum atomic E-state index is 11.7. The first-order valence-electron chi connectivity index (χ1n) is 6.71. The quantitative estimate of drug-likeness (QED) is 0.540. The van der Waals surface area contributed by atoms with E-state index in [1.54, 1.807) is 42.9 Å². The molecule has 0 atom stereocenters. The number of hydrogen-bond acceptors (Lipinski definition) is 4. The molecule has 0 spiro atoms. The number of primary amides is 1. The Hall–Kier alpha value is -3.06. The maximum Gasteiger partial charge on any atom is 0.256 e. The van der Waals surface area contributed by atoms with E-state index in [2.05, 4.69) is 25.5 Å². The van der Waals surface area contributed by atoms with Crippen molar-refractivity contribution < 1.29 is 4.79 Å². The molecule has 0 bridgehead atoms. The number of anilines is 2. The summed E-state index contributed by atoms with van der Waals surface area (Å²) in [6.45, 7) is 0. The second-order valence-electron chi connectivity index (χ2n) is 4.70. The van der Waals surface area contributed by atoms with E-state index in [-0.39, 0.29) is 11.4 Å². The highest BCUT2D eigenvalue weighted by Gasteiger charge is 2.18. The van der Waals surface area contributed by atoms with Gasteiger partial charge in [0, 0.05) is 34.9 Å². The van der Waals surface area contributed by atoms with E-state index in [4.69, 9.17) is 17.3 Å². The predicted molar refractivity (Wildman–Crippen MR) is 89.9 cm³/mol. The molecule has 8 heteroatoms. The van der Waals surface area contributed by atoms with Gasteiger partial charge in [0.1, 0.15) is 5.56 Å². The predicted octanol–water partition coefficient (Wildman–Crippen LogP) is 2.98. The minimum Gasteiger partial charge on any atom is -0.367 e. The van der Waals surface area contributed by atoms with Crippen LogP contribution in [0.15, 0.2) is 47.7 Å². The Morgan fingerprint density at radius 2 is 2.26 bits per heavy atom. The molecule has 0 unspecified atom stereocenters. The Bertz CT molecular complexity index is 853. The second-order valence-corrected chi connectivity index (χ2v) is 5.13. The van der Waals surface area contributed by atoms with Gasteiger partial charge < -0.3 is 16.0 Å². The molecule has 0 aliphatic carbocycles. The molecule has 2 aromatic heterocycles. The summed E-state index contributed by atoms with van der Waals surface area (Å²) in [6, 6.07) is 8.89. The molecule has 3 aromatic rings. The Kier molecular flexibility index (Phi) is 4.11. The van der Waals surface area contributed by atoms with E-state index >= 15 is 0 Å². The number of aromatic nitrogens is 3. The number of benzene rings is 1. The number of rotatable bonds is 5. The molecule has 7 nitrogen and oxygen atoms in total. The number of nitrogens with zero attached hydrogens (tertiary/aromatic N) is 2. The van der Waals surface area contributed by atoms with Gasteiger partial charge in [0.05, 0.1) is 0 Å². The largest absolute Gasteiger partial charge is 0.367 e. The van der Waals surface area contributed by atoms with Gasteiger partial charge in [0.25, 0.3) is 5.91 Å². The zero-order valence-corrected chi connectivity index (χ0v) is 12.6. The van der Waals surface area contributed by atoms with Crippen molar-refractivity contribution in [3.05, 3.63) is 58.9 Å². The Labute approximate surface area is 136 Å². The lowest BCUT2D eigenvalue weighted by Crippen LogP contribution is -2.12. The number of aromatic amines is 2. The molecule has 0 saturated heterocycles. The standard InChI is InChI=1S/C15H13ClN6O/c16-10-2-1-3-11(6-10)20-15-12(13(17)23)14(21-22-15)19-8-9-4-5-18-7-9/h1-8,18H,(H2,17,23)(H2,20,21,22)/b19-8+. The highest BCUT2D eigenvalue weighted by Crippen LogP contribution is 2.27. The molecule has 116 valence electrons. The van der Waals surface area contributed by atoms with Crippen LogP contribution in [-0.2, 0) is 0 Å². The third kappa shape index (κ3) is 3.41. The van der Waals surface area contributed by atoms with Gasteiger partial charge in [-0.1, -0.05) is 17.7 Å². The molecular formula is C15H13ClN6O.